The Morgan fingerprint density at radius 2 is 1.58 bits per heavy atom. The Labute approximate surface area is 209 Å². The van der Waals surface area contributed by atoms with Gasteiger partial charge in [0.05, 0.1) is 16.9 Å². The van der Waals surface area contributed by atoms with Crippen molar-refractivity contribution in [3.63, 3.8) is 0 Å². The standard InChI is InChI=1S/C30H27N2.Ir/c1-21-19-28-29(27-18-9-8-17-26(21)27)32(25-15-6-3-7-16-25)30(31-28)24-14-10-13-23(20-24)22-11-4-2-5-12-22;/h3,6-10,13,15-20,22H,2,4-5,11-12H2,1H3;/q-1;. The van der Waals surface area contributed by atoms with E-state index in [-0.39, 0.29) is 20.1 Å². The van der Waals surface area contributed by atoms with Crippen molar-refractivity contribution < 1.29 is 20.1 Å². The first kappa shape index (κ1) is 22.1. The molecular weight excluding hydrogens is 581 g/mol. The molecule has 167 valence electrons. The quantitative estimate of drug-likeness (QED) is 0.190. The second-order valence-corrected chi connectivity index (χ2v) is 9.08. The molecule has 0 aliphatic heterocycles. The Hall–Kier alpha value is -2.74. The van der Waals surface area contributed by atoms with E-state index < -0.39 is 0 Å². The van der Waals surface area contributed by atoms with Gasteiger partial charge in [0.15, 0.2) is 0 Å². The van der Waals surface area contributed by atoms with Crippen LogP contribution in [0.1, 0.15) is 49.1 Å². The SMILES string of the molecule is Cc1cc2nc(-c3[c-]ccc(C4CCCCC4)c3)n(-c3ccccc3)c2c2ccccc12.[Ir]. The first-order valence-corrected chi connectivity index (χ1v) is 11.8. The summed E-state index contributed by atoms with van der Waals surface area (Å²) in [4.78, 5) is 5.19. The van der Waals surface area contributed by atoms with Crippen molar-refractivity contribution in [2.24, 2.45) is 0 Å². The van der Waals surface area contributed by atoms with Crippen LogP contribution in [0.5, 0.6) is 0 Å². The number of nitrogens with zero attached hydrogens (tertiary/aromatic N) is 2. The van der Waals surface area contributed by atoms with Crippen molar-refractivity contribution in [2.75, 3.05) is 0 Å². The Balaban J connectivity index is 0.00000228. The average molecular weight is 608 g/mol. The maximum Gasteiger partial charge on any atom is 0.0783 e. The van der Waals surface area contributed by atoms with Crippen LogP contribution in [-0.4, -0.2) is 9.55 Å². The number of hydrogen-bond acceptors (Lipinski definition) is 1. The molecule has 1 fully saturated rings. The number of rotatable bonds is 3. The first-order chi connectivity index (χ1) is 15.8. The molecule has 4 aromatic carbocycles. The topological polar surface area (TPSA) is 17.8 Å². The molecule has 0 saturated heterocycles. The van der Waals surface area contributed by atoms with Gasteiger partial charge in [-0.3, -0.25) is 4.98 Å². The largest absolute Gasteiger partial charge is 0.333 e. The van der Waals surface area contributed by atoms with Gasteiger partial charge < -0.3 is 4.57 Å². The summed E-state index contributed by atoms with van der Waals surface area (Å²) < 4.78 is 2.33. The van der Waals surface area contributed by atoms with E-state index in [2.05, 4.69) is 96.4 Å². The molecule has 0 atom stereocenters. The maximum absolute atomic E-state index is 5.19. The van der Waals surface area contributed by atoms with Crippen LogP contribution in [0.25, 0.3) is 38.9 Å². The summed E-state index contributed by atoms with van der Waals surface area (Å²) in [5, 5.41) is 2.53. The van der Waals surface area contributed by atoms with E-state index in [0.717, 1.165) is 22.6 Å². The van der Waals surface area contributed by atoms with Crippen LogP contribution < -0.4 is 0 Å². The molecule has 0 amide bonds. The summed E-state index contributed by atoms with van der Waals surface area (Å²) in [6.07, 6.45) is 6.64. The predicted molar refractivity (Wildman–Crippen MR) is 133 cm³/mol. The molecule has 0 N–H and O–H groups in total. The summed E-state index contributed by atoms with van der Waals surface area (Å²) in [6.45, 7) is 2.18. The van der Waals surface area contributed by atoms with E-state index in [1.165, 1.54) is 59.5 Å². The summed E-state index contributed by atoms with van der Waals surface area (Å²) in [6, 6.07) is 31.7. The van der Waals surface area contributed by atoms with Crippen molar-refractivity contribution in [3.05, 3.63) is 96.1 Å². The molecule has 3 heteroatoms. The fourth-order valence-corrected chi connectivity index (χ4v) is 5.43. The van der Waals surface area contributed by atoms with Crippen molar-refractivity contribution in [1.29, 1.82) is 0 Å². The Morgan fingerprint density at radius 1 is 0.848 bits per heavy atom. The summed E-state index contributed by atoms with van der Waals surface area (Å²) in [5.41, 5.74) is 7.12. The molecular formula is C30H27IrN2-. The van der Waals surface area contributed by atoms with Gasteiger partial charge in [-0.15, -0.1) is 35.4 Å². The third-order valence-corrected chi connectivity index (χ3v) is 7.02. The minimum Gasteiger partial charge on any atom is -0.333 e. The fraction of sp³-hybridized carbons (Fsp3) is 0.233. The molecule has 1 aliphatic carbocycles. The van der Waals surface area contributed by atoms with Crippen molar-refractivity contribution in [2.45, 2.75) is 44.9 Å². The van der Waals surface area contributed by atoms with Gasteiger partial charge in [-0.2, -0.15) is 0 Å². The molecule has 6 rings (SSSR count). The Morgan fingerprint density at radius 3 is 2.36 bits per heavy atom. The van der Waals surface area contributed by atoms with E-state index in [9.17, 15) is 0 Å². The van der Waals surface area contributed by atoms with Crippen LogP contribution in [0.2, 0.25) is 0 Å². The van der Waals surface area contributed by atoms with Crippen LogP contribution in [0.15, 0.2) is 78.9 Å². The van der Waals surface area contributed by atoms with Gasteiger partial charge in [0.1, 0.15) is 0 Å². The van der Waals surface area contributed by atoms with Gasteiger partial charge in [-0.05, 0) is 54.8 Å². The Bertz CT molecular complexity index is 1410. The number of fused-ring (bicyclic) bond motifs is 3. The predicted octanol–water partition coefficient (Wildman–Crippen LogP) is 8.00. The molecule has 5 aromatic rings. The van der Waals surface area contributed by atoms with Gasteiger partial charge >= 0.3 is 0 Å². The van der Waals surface area contributed by atoms with Crippen molar-refractivity contribution in [3.8, 4) is 17.1 Å². The zero-order valence-corrected chi connectivity index (χ0v) is 21.2. The van der Waals surface area contributed by atoms with E-state index in [1.54, 1.807) is 0 Å². The van der Waals surface area contributed by atoms with E-state index in [4.69, 9.17) is 4.98 Å². The number of para-hydroxylation sites is 1. The summed E-state index contributed by atoms with van der Waals surface area (Å²) >= 11 is 0. The van der Waals surface area contributed by atoms with Crippen LogP contribution in [0.4, 0.5) is 0 Å². The van der Waals surface area contributed by atoms with Crippen molar-refractivity contribution in [1.82, 2.24) is 9.55 Å². The number of benzene rings is 4. The number of aromatic nitrogens is 2. The van der Waals surface area contributed by atoms with E-state index in [1.807, 2.05) is 0 Å². The molecule has 33 heavy (non-hydrogen) atoms. The number of hydrogen-bond donors (Lipinski definition) is 0. The van der Waals surface area contributed by atoms with E-state index in [0.29, 0.717) is 5.92 Å². The zero-order chi connectivity index (χ0) is 21.5. The molecule has 1 heterocycles. The molecule has 1 aromatic heterocycles. The third kappa shape index (κ3) is 3.94. The van der Waals surface area contributed by atoms with Crippen LogP contribution >= 0.6 is 0 Å². The maximum atomic E-state index is 5.19. The molecule has 1 aliphatic rings. The average Bonchev–Trinajstić information content (AvgIpc) is 3.25. The van der Waals surface area contributed by atoms with E-state index >= 15 is 0 Å². The van der Waals surface area contributed by atoms with Crippen molar-refractivity contribution >= 4 is 21.8 Å². The zero-order valence-electron chi connectivity index (χ0n) is 18.8. The smallest absolute Gasteiger partial charge is 0.0783 e. The molecule has 1 saturated carbocycles. The van der Waals surface area contributed by atoms with Crippen LogP contribution in [-0.2, 0) is 20.1 Å². The third-order valence-electron chi connectivity index (χ3n) is 7.02. The number of aryl methyl sites for hydroxylation is 1. The second-order valence-electron chi connectivity index (χ2n) is 9.08. The van der Waals surface area contributed by atoms with Gasteiger partial charge in [-0.1, -0.05) is 61.7 Å². The minimum atomic E-state index is 0. The molecule has 0 spiro atoms. The molecule has 0 unspecified atom stereocenters. The van der Waals surface area contributed by atoms with Gasteiger partial charge in [0.25, 0.3) is 0 Å². The fourth-order valence-electron chi connectivity index (χ4n) is 5.43. The molecule has 0 bridgehead atoms. The van der Waals surface area contributed by atoms with Gasteiger partial charge in [0.2, 0.25) is 0 Å². The van der Waals surface area contributed by atoms with Gasteiger partial charge in [-0.25, -0.2) is 0 Å². The van der Waals surface area contributed by atoms with Crippen LogP contribution in [0, 0.1) is 13.0 Å². The minimum absolute atomic E-state index is 0. The summed E-state index contributed by atoms with van der Waals surface area (Å²) in [5.74, 6) is 1.63. The summed E-state index contributed by atoms with van der Waals surface area (Å²) in [7, 11) is 0. The van der Waals surface area contributed by atoms with Gasteiger partial charge in [0, 0.05) is 31.2 Å². The number of imidazole rings is 1. The Kier molecular flexibility index (Phi) is 6.19. The normalized spacial score (nSPS) is 14.5. The molecule has 2 nitrogen and oxygen atoms in total. The first-order valence-electron chi connectivity index (χ1n) is 11.8. The monoisotopic (exact) mass is 608 g/mol. The second kappa shape index (κ2) is 9.25. The van der Waals surface area contributed by atoms with Crippen LogP contribution in [0.3, 0.4) is 0 Å². The molecule has 1 radical (unpaired) electrons.